The van der Waals surface area contributed by atoms with E-state index in [9.17, 15) is 13.2 Å². The summed E-state index contributed by atoms with van der Waals surface area (Å²) in [6.45, 7) is 3.26. The number of hydrogen-bond acceptors (Lipinski definition) is 3. The molecule has 0 saturated heterocycles. The minimum Gasteiger partial charge on any atom is -0.322 e. The molecule has 0 spiro atoms. The van der Waals surface area contributed by atoms with Gasteiger partial charge < -0.3 is 5.32 Å². The standard InChI is InChI=1S/C17H18Cl2N2O3S/c1-11-7-8-12(2)15(9-11)21(25(3,23)24)10-16(22)20-17-13(18)5-4-6-14(17)19/h4-9H,10H2,1-3H3,(H,20,22). The summed E-state index contributed by atoms with van der Waals surface area (Å²) in [5.41, 5.74) is 2.36. The summed E-state index contributed by atoms with van der Waals surface area (Å²) in [5.74, 6) is -0.540. The minimum absolute atomic E-state index is 0.255. The Labute approximate surface area is 157 Å². The van der Waals surface area contributed by atoms with E-state index in [0.717, 1.165) is 21.7 Å². The molecular weight excluding hydrogens is 383 g/mol. The molecule has 0 unspecified atom stereocenters. The van der Waals surface area contributed by atoms with Gasteiger partial charge in [0.1, 0.15) is 6.54 Å². The number of nitrogens with zero attached hydrogens (tertiary/aromatic N) is 1. The molecule has 1 N–H and O–H groups in total. The normalized spacial score (nSPS) is 11.2. The predicted octanol–water partition coefficient (Wildman–Crippen LogP) is 4.01. The van der Waals surface area contributed by atoms with E-state index < -0.39 is 15.9 Å². The van der Waals surface area contributed by atoms with Gasteiger partial charge in [-0.25, -0.2) is 8.42 Å². The Morgan fingerprint density at radius 3 is 2.28 bits per heavy atom. The van der Waals surface area contributed by atoms with Crippen LogP contribution in [0.15, 0.2) is 36.4 Å². The van der Waals surface area contributed by atoms with Gasteiger partial charge in [-0.15, -0.1) is 0 Å². The van der Waals surface area contributed by atoms with E-state index in [1.807, 2.05) is 19.1 Å². The molecule has 0 bridgehead atoms. The lowest BCUT2D eigenvalue weighted by Gasteiger charge is -2.24. The van der Waals surface area contributed by atoms with Crippen molar-refractivity contribution >= 4 is 50.5 Å². The van der Waals surface area contributed by atoms with Crippen molar-refractivity contribution in [3.05, 3.63) is 57.6 Å². The topological polar surface area (TPSA) is 66.5 Å². The van der Waals surface area contributed by atoms with Crippen LogP contribution in [-0.2, 0) is 14.8 Å². The van der Waals surface area contributed by atoms with E-state index in [1.54, 1.807) is 31.2 Å². The van der Waals surface area contributed by atoms with Crippen LogP contribution in [0.4, 0.5) is 11.4 Å². The molecule has 25 heavy (non-hydrogen) atoms. The van der Waals surface area contributed by atoms with Crippen molar-refractivity contribution in [1.82, 2.24) is 0 Å². The Balaban J connectivity index is 2.32. The second-order valence-electron chi connectivity index (χ2n) is 5.70. The van der Waals surface area contributed by atoms with Gasteiger partial charge in [0, 0.05) is 0 Å². The number of rotatable bonds is 5. The maximum absolute atomic E-state index is 12.4. The third kappa shape index (κ3) is 4.87. The number of sulfonamides is 1. The van der Waals surface area contributed by atoms with Crippen LogP contribution in [-0.4, -0.2) is 27.1 Å². The molecule has 2 aromatic carbocycles. The second kappa shape index (κ2) is 7.64. The average Bonchev–Trinajstić information content (AvgIpc) is 2.50. The van der Waals surface area contributed by atoms with Crippen molar-refractivity contribution in [2.75, 3.05) is 22.4 Å². The SMILES string of the molecule is Cc1ccc(C)c(N(CC(=O)Nc2c(Cl)cccc2Cl)S(C)(=O)=O)c1. The molecule has 0 heterocycles. The van der Waals surface area contributed by atoms with Gasteiger partial charge in [-0.05, 0) is 43.2 Å². The summed E-state index contributed by atoms with van der Waals surface area (Å²) in [4.78, 5) is 12.4. The second-order valence-corrected chi connectivity index (χ2v) is 8.43. The third-order valence-corrected chi connectivity index (χ3v) is 5.30. The molecular formula is C17H18Cl2N2O3S. The first-order valence-corrected chi connectivity index (χ1v) is 9.99. The van der Waals surface area contributed by atoms with Gasteiger partial charge in [-0.1, -0.05) is 41.4 Å². The third-order valence-electron chi connectivity index (χ3n) is 3.55. The number of aryl methyl sites for hydroxylation is 2. The summed E-state index contributed by atoms with van der Waals surface area (Å²) < 4.78 is 25.5. The number of amides is 1. The van der Waals surface area contributed by atoms with Crippen LogP contribution in [0.3, 0.4) is 0 Å². The van der Waals surface area contributed by atoms with Gasteiger partial charge >= 0.3 is 0 Å². The van der Waals surface area contributed by atoms with Crippen molar-refractivity contribution in [2.24, 2.45) is 0 Å². The van der Waals surface area contributed by atoms with Crippen LogP contribution >= 0.6 is 23.2 Å². The lowest BCUT2D eigenvalue weighted by Crippen LogP contribution is -2.38. The minimum atomic E-state index is -3.66. The average molecular weight is 401 g/mol. The number of anilines is 2. The van der Waals surface area contributed by atoms with Crippen LogP contribution in [0.5, 0.6) is 0 Å². The smallest absolute Gasteiger partial charge is 0.245 e. The zero-order valence-corrected chi connectivity index (χ0v) is 16.3. The lowest BCUT2D eigenvalue weighted by molar-refractivity contribution is -0.114. The first-order valence-electron chi connectivity index (χ1n) is 7.38. The van der Waals surface area contributed by atoms with Crippen LogP contribution in [0.1, 0.15) is 11.1 Å². The number of para-hydroxylation sites is 1. The maximum atomic E-state index is 12.4. The largest absolute Gasteiger partial charge is 0.322 e. The highest BCUT2D eigenvalue weighted by molar-refractivity contribution is 7.92. The van der Waals surface area contributed by atoms with Gasteiger partial charge in [0.25, 0.3) is 0 Å². The van der Waals surface area contributed by atoms with Gasteiger partial charge in [-0.3, -0.25) is 9.10 Å². The highest BCUT2D eigenvalue weighted by Crippen LogP contribution is 2.30. The number of hydrogen-bond donors (Lipinski definition) is 1. The molecule has 2 aromatic rings. The number of benzene rings is 2. The number of halogens is 2. The first-order chi connectivity index (χ1) is 11.6. The van der Waals surface area contributed by atoms with Gasteiger partial charge in [-0.2, -0.15) is 0 Å². The number of nitrogens with one attached hydrogen (secondary N) is 1. The van der Waals surface area contributed by atoms with Gasteiger partial charge in [0.2, 0.25) is 15.9 Å². The fourth-order valence-electron chi connectivity index (χ4n) is 2.30. The molecule has 1 amide bonds. The van der Waals surface area contributed by atoms with E-state index in [1.165, 1.54) is 0 Å². The highest BCUT2D eigenvalue weighted by atomic mass is 35.5. The van der Waals surface area contributed by atoms with E-state index in [0.29, 0.717) is 5.69 Å². The molecule has 5 nitrogen and oxygen atoms in total. The van der Waals surface area contributed by atoms with Crippen molar-refractivity contribution in [1.29, 1.82) is 0 Å². The first kappa shape index (κ1) is 19.6. The van der Waals surface area contributed by atoms with Crippen molar-refractivity contribution in [3.63, 3.8) is 0 Å². The summed E-state index contributed by atoms with van der Waals surface area (Å²) in [5, 5.41) is 3.13. The predicted molar refractivity (Wildman–Crippen MR) is 103 cm³/mol. The Morgan fingerprint density at radius 1 is 1.12 bits per heavy atom. The Morgan fingerprint density at radius 2 is 1.72 bits per heavy atom. The summed E-state index contributed by atoms with van der Waals surface area (Å²) in [6.07, 6.45) is 1.06. The van der Waals surface area contributed by atoms with Gasteiger partial charge in [0.05, 0.1) is 27.7 Å². The van der Waals surface area contributed by atoms with E-state index in [2.05, 4.69) is 5.32 Å². The quantitative estimate of drug-likeness (QED) is 0.823. The highest BCUT2D eigenvalue weighted by Gasteiger charge is 2.23. The summed E-state index contributed by atoms with van der Waals surface area (Å²) in [6, 6.07) is 10.2. The summed E-state index contributed by atoms with van der Waals surface area (Å²) in [7, 11) is -3.66. The maximum Gasteiger partial charge on any atom is 0.245 e. The molecule has 0 aliphatic rings. The fourth-order valence-corrected chi connectivity index (χ4v) is 3.69. The van der Waals surface area contributed by atoms with Crippen LogP contribution in [0.2, 0.25) is 10.0 Å². The summed E-state index contributed by atoms with van der Waals surface area (Å²) >= 11 is 12.1. The molecule has 0 fully saturated rings. The van der Waals surface area contributed by atoms with Crippen LogP contribution in [0.25, 0.3) is 0 Å². The molecule has 0 atom stereocenters. The Hall–Kier alpha value is -1.76. The van der Waals surface area contributed by atoms with E-state index in [4.69, 9.17) is 23.2 Å². The molecule has 134 valence electrons. The molecule has 2 rings (SSSR count). The molecule has 0 aromatic heterocycles. The molecule has 0 saturated carbocycles. The van der Waals surface area contributed by atoms with Crippen molar-refractivity contribution in [3.8, 4) is 0 Å². The van der Waals surface area contributed by atoms with E-state index in [-0.39, 0.29) is 22.3 Å². The van der Waals surface area contributed by atoms with Gasteiger partial charge in [0.15, 0.2) is 0 Å². The molecule has 8 heteroatoms. The van der Waals surface area contributed by atoms with Crippen LogP contribution in [0, 0.1) is 13.8 Å². The monoisotopic (exact) mass is 400 g/mol. The van der Waals surface area contributed by atoms with Crippen molar-refractivity contribution in [2.45, 2.75) is 13.8 Å². The number of carbonyl (C=O) groups excluding carboxylic acids is 1. The van der Waals surface area contributed by atoms with Crippen molar-refractivity contribution < 1.29 is 13.2 Å². The molecule has 0 aliphatic carbocycles. The Kier molecular flexibility index (Phi) is 5.98. The fraction of sp³-hybridized carbons (Fsp3) is 0.235. The molecule has 0 radical (unpaired) electrons. The van der Waals surface area contributed by atoms with Crippen LogP contribution < -0.4 is 9.62 Å². The number of carbonyl (C=O) groups is 1. The zero-order valence-electron chi connectivity index (χ0n) is 14.0. The molecule has 0 aliphatic heterocycles. The lowest BCUT2D eigenvalue weighted by atomic mass is 10.1. The van der Waals surface area contributed by atoms with E-state index >= 15 is 0 Å². The Bertz CT molecular complexity index is 894. The zero-order chi connectivity index (χ0) is 18.8.